The molecule has 1 aliphatic rings. The molecule has 1 fully saturated rings. The van der Waals surface area contributed by atoms with Crippen molar-refractivity contribution in [3.8, 4) is 5.75 Å². The second-order valence-corrected chi connectivity index (χ2v) is 5.24. The molecule has 1 saturated heterocycles. The smallest absolute Gasteiger partial charge is 0.131 e. The Morgan fingerprint density at radius 2 is 2.38 bits per heavy atom. The molecule has 0 spiro atoms. The molecule has 2 unspecified atom stereocenters. The van der Waals surface area contributed by atoms with Crippen molar-refractivity contribution < 1.29 is 13.9 Å². The normalized spacial score (nSPS) is 21.2. The summed E-state index contributed by atoms with van der Waals surface area (Å²) in [7, 11) is 1.51. The Kier molecular flexibility index (Phi) is 5.93. The lowest BCUT2D eigenvalue weighted by molar-refractivity contribution is -0.0476. The fraction of sp³-hybridized carbons (Fsp3) is 0.600. The van der Waals surface area contributed by atoms with Crippen molar-refractivity contribution in [1.82, 2.24) is 10.3 Å². The maximum absolute atomic E-state index is 14.2. The van der Waals surface area contributed by atoms with Crippen LogP contribution in [-0.2, 0) is 4.74 Å². The standard InChI is InChI=1S/C15H24FN3O2/c1-3-6-19-7-8-21-14(10-19)15(18-17)12-5-4-11(20-2)9-13(12)16/h4-5,9,14-15,18H,3,6-8,10,17H2,1-2H3. The molecule has 2 rings (SSSR count). The maximum atomic E-state index is 14.2. The van der Waals surface area contributed by atoms with Gasteiger partial charge in [-0.1, -0.05) is 13.0 Å². The Labute approximate surface area is 125 Å². The van der Waals surface area contributed by atoms with Gasteiger partial charge >= 0.3 is 0 Å². The molecule has 3 N–H and O–H groups in total. The Bertz CT molecular complexity index is 457. The number of hydrazine groups is 1. The fourth-order valence-corrected chi connectivity index (χ4v) is 2.74. The average molecular weight is 297 g/mol. The summed E-state index contributed by atoms with van der Waals surface area (Å²) in [5.41, 5.74) is 3.20. The lowest BCUT2D eigenvalue weighted by Crippen LogP contribution is -2.49. The Morgan fingerprint density at radius 3 is 3.00 bits per heavy atom. The van der Waals surface area contributed by atoms with E-state index in [0.717, 1.165) is 26.1 Å². The van der Waals surface area contributed by atoms with Gasteiger partial charge in [0.25, 0.3) is 0 Å². The van der Waals surface area contributed by atoms with Gasteiger partial charge in [-0.05, 0) is 19.0 Å². The van der Waals surface area contributed by atoms with E-state index in [9.17, 15) is 4.39 Å². The number of methoxy groups -OCH3 is 1. The number of hydrogen-bond donors (Lipinski definition) is 2. The molecule has 1 aliphatic heterocycles. The van der Waals surface area contributed by atoms with Gasteiger partial charge in [-0.3, -0.25) is 16.2 Å². The molecule has 5 nitrogen and oxygen atoms in total. The first-order valence-corrected chi connectivity index (χ1v) is 7.33. The number of rotatable bonds is 6. The van der Waals surface area contributed by atoms with Crippen LogP contribution in [0.2, 0.25) is 0 Å². The minimum absolute atomic E-state index is 0.168. The summed E-state index contributed by atoms with van der Waals surface area (Å²) in [5.74, 6) is 5.80. The molecule has 1 aromatic carbocycles. The van der Waals surface area contributed by atoms with Crippen molar-refractivity contribution >= 4 is 0 Å². The summed E-state index contributed by atoms with van der Waals surface area (Å²) in [6, 6.07) is 4.42. The Balaban J connectivity index is 2.15. The molecular weight excluding hydrogens is 273 g/mol. The first-order valence-electron chi connectivity index (χ1n) is 7.33. The SMILES string of the molecule is CCCN1CCOC(C(NN)c2ccc(OC)cc2F)C1. The molecule has 2 atom stereocenters. The predicted octanol–water partition coefficient (Wildman–Crippen LogP) is 1.45. The maximum Gasteiger partial charge on any atom is 0.131 e. The number of benzene rings is 1. The van der Waals surface area contributed by atoms with Crippen LogP contribution < -0.4 is 16.0 Å². The van der Waals surface area contributed by atoms with Gasteiger partial charge in [0.2, 0.25) is 0 Å². The third-order valence-electron chi connectivity index (χ3n) is 3.81. The van der Waals surface area contributed by atoms with E-state index in [1.165, 1.54) is 13.2 Å². The van der Waals surface area contributed by atoms with Crippen LogP contribution in [0.15, 0.2) is 18.2 Å². The number of nitrogens with zero attached hydrogens (tertiary/aromatic N) is 1. The van der Waals surface area contributed by atoms with Crippen molar-refractivity contribution in [3.63, 3.8) is 0 Å². The Hall–Kier alpha value is -1.21. The first kappa shape index (κ1) is 16.2. The minimum Gasteiger partial charge on any atom is -0.497 e. The summed E-state index contributed by atoms with van der Waals surface area (Å²) in [5, 5.41) is 0. The van der Waals surface area contributed by atoms with Gasteiger partial charge in [0.15, 0.2) is 0 Å². The zero-order valence-corrected chi connectivity index (χ0v) is 12.6. The molecule has 118 valence electrons. The molecule has 0 aromatic heterocycles. The van der Waals surface area contributed by atoms with Crippen LogP contribution in [0, 0.1) is 5.82 Å². The lowest BCUT2D eigenvalue weighted by Gasteiger charge is -2.36. The van der Waals surface area contributed by atoms with Crippen molar-refractivity contribution in [1.29, 1.82) is 0 Å². The van der Waals surface area contributed by atoms with Crippen molar-refractivity contribution in [2.24, 2.45) is 5.84 Å². The van der Waals surface area contributed by atoms with Gasteiger partial charge in [-0.25, -0.2) is 4.39 Å². The first-order chi connectivity index (χ1) is 10.2. The highest BCUT2D eigenvalue weighted by molar-refractivity contribution is 5.31. The summed E-state index contributed by atoms with van der Waals surface area (Å²) >= 11 is 0. The number of morpholine rings is 1. The average Bonchev–Trinajstić information content (AvgIpc) is 2.50. The molecule has 0 bridgehead atoms. The highest BCUT2D eigenvalue weighted by Gasteiger charge is 2.30. The third kappa shape index (κ3) is 3.91. The summed E-state index contributed by atoms with van der Waals surface area (Å²) < 4.78 is 25.0. The number of nitrogens with two attached hydrogens (primary N) is 1. The van der Waals surface area contributed by atoms with Crippen LogP contribution in [-0.4, -0.2) is 44.4 Å². The van der Waals surface area contributed by atoms with Crippen LogP contribution in [0.4, 0.5) is 4.39 Å². The number of ether oxygens (including phenoxy) is 2. The van der Waals surface area contributed by atoms with E-state index in [0.29, 0.717) is 17.9 Å². The zero-order valence-electron chi connectivity index (χ0n) is 12.6. The van der Waals surface area contributed by atoms with Gasteiger partial charge in [-0.15, -0.1) is 0 Å². The molecule has 21 heavy (non-hydrogen) atoms. The van der Waals surface area contributed by atoms with Crippen LogP contribution in [0.5, 0.6) is 5.75 Å². The molecule has 1 heterocycles. The van der Waals surface area contributed by atoms with E-state index in [1.54, 1.807) is 12.1 Å². The van der Waals surface area contributed by atoms with Crippen molar-refractivity contribution in [2.45, 2.75) is 25.5 Å². The van der Waals surface area contributed by atoms with Crippen molar-refractivity contribution in [3.05, 3.63) is 29.6 Å². The van der Waals surface area contributed by atoms with Gasteiger partial charge in [-0.2, -0.15) is 0 Å². The van der Waals surface area contributed by atoms with Gasteiger partial charge in [0, 0.05) is 24.7 Å². The zero-order chi connectivity index (χ0) is 15.2. The fourth-order valence-electron chi connectivity index (χ4n) is 2.74. The minimum atomic E-state index is -0.379. The molecule has 0 aliphatic carbocycles. The van der Waals surface area contributed by atoms with E-state index in [4.69, 9.17) is 15.3 Å². The molecule has 1 aromatic rings. The Morgan fingerprint density at radius 1 is 1.57 bits per heavy atom. The summed E-state index contributed by atoms with van der Waals surface area (Å²) in [4.78, 5) is 2.32. The second-order valence-electron chi connectivity index (χ2n) is 5.24. The lowest BCUT2D eigenvalue weighted by atomic mass is 9.99. The quantitative estimate of drug-likeness (QED) is 0.615. The van der Waals surface area contributed by atoms with Gasteiger partial charge in [0.05, 0.1) is 25.9 Å². The highest BCUT2D eigenvalue weighted by atomic mass is 19.1. The molecule has 0 radical (unpaired) electrons. The van der Waals surface area contributed by atoms with Gasteiger partial charge < -0.3 is 9.47 Å². The second kappa shape index (κ2) is 7.70. The van der Waals surface area contributed by atoms with Gasteiger partial charge in [0.1, 0.15) is 11.6 Å². The van der Waals surface area contributed by atoms with E-state index in [2.05, 4.69) is 17.2 Å². The highest BCUT2D eigenvalue weighted by Crippen LogP contribution is 2.26. The van der Waals surface area contributed by atoms with E-state index in [1.807, 2.05) is 0 Å². The van der Waals surface area contributed by atoms with Crippen LogP contribution in [0.3, 0.4) is 0 Å². The molecule has 0 amide bonds. The third-order valence-corrected chi connectivity index (χ3v) is 3.81. The van der Waals surface area contributed by atoms with Crippen molar-refractivity contribution in [2.75, 3.05) is 33.4 Å². The molecule has 0 saturated carbocycles. The summed E-state index contributed by atoms with van der Waals surface area (Å²) in [6.07, 6.45) is 0.919. The number of nitrogens with one attached hydrogen (secondary N) is 1. The van der Waals surface area contributed by atoms with E-state index < -0.39 is 0 Å². The largest absolute Gasteiger partial charge is 0.497 e. The number of hydrogen-bond acceptors (Lipinski definition) is 5. The molecule has 6 heteroatoms. The molecular formula is C15H24FN3O2. The van der Waals surface area contributed by atoms with E-state index >= 15 is 0 Å². The van der Waals surface area contributed by atoms with Crippen LogP contribution in [0.25, 0.3) is 0 Å². The van der Waals surface area contributed by atoms with Crippen LogP contribution in [0.1, 0.15) is 24.9 Å². The predicted molar refractivity (Wildman–Crippen MR) is 79.5 cm³/mol. The summed E-state index contributed by atoms with van der Waals surface area (Å²) in [6.45, 7) is 5.45. The number of halogens is 1. The monoisotopic (exact) mass is 297 g/mol. The topological polar surface area (TPSA) is 59.8 Å². The van der Waals surface area contributed by atoms with Crippen LogP contribution >= 0.6 is 0 Å². The van der Waals surface area contributed by atoms with E-state index in [-0.39, 0.29) is 18.0 Å².